The topological polar surface area (TPSA) is 108 Å². The third-order valence-corrected chi connectivity index (χ3v) is 14.6. The van der Waals surface area contributed by atoms with E-state index in [4.69, 9.17) is 9.05 Å². The van der Waals surface area contributed by atoms with Crippen LogP contribution in [0.15, 0.2) is 72.9 Å². The summed E-state index contributed by atoms with van der Waals surface area (Å²) in [6.45, 7) is 4.61. The van der Waals surface area contributed by atoms with Crippen LogP contribution in [-0.2, 0) is 18.4 Å². The highest BCUT2D eigenvalue weighted by Gasteiger charge is 2.23. The van der Waals surface area contributed by atoms with Crippen LogP contribution in [-0.4, -0.2) is 68.5 Å². The predicted molar refractivity (Wildman–Crippen MR) is 316 cm³/mol. The smallest absolute Gasteiger partial charge is 0.268 e. The molecule has 0 aromatic heterocycles. The third kappa shape index (κ3) is 57.5. The molecule has 0 aliphatic carbocycles. The van der Waals surface area contributed by atoms with Crippen molar-refractivity contribution in [2.75, 3.05) is 40.9 Å². The SMILES string of the molecule is CCCCCCC/C=C\C/C=C\C/C=C\CCCCCCCCCCCCCCCCCCCCCCC(=O)NC(COP(=O)([O-])OCC[N+](C)(C)C)C(O)/C=C/CC/C=C/CC/C=C/CCCCCCCC. The number of aliphatic hydroxyl groups excluding tert-OH is 1. The highest BCUT2D eigenvalue weighted by molar-refractivity contribution is 7.45. The Labute approximate surface area is 453 Å². The number of likely N-dealkylation sites (N-methyl/N-ethyl adjacent to an activating group) is 1. The second-order valence-electron chi connectivity index (χ2n) is 22.0. The first kappa shape index (κ1) is 70.9. The zero-order valence-corrected chi connectivity index (χ0v) is 49.5. The molecule has 0 aliphatic heterocycles. The van der Waals surface area contributed by atoms with Crippen LogP contribution in [0.2, 0.25) is 0 Å². The van der Waals surface area contributed by atoms with Crippen LogP contribution < -0.4 is 10.2 Å². The molecule has 0 bridgehead atoms. The lowest BCUT2D eigenvalue weighted by molar-refractivity contribution is -0.870. The van der Waals surface area contributed by atoms with Gasteiger partial charge in [-0.15, -0.1) is 0 Å². The second-order valence-corrected chi connectivity index (χ2v) is 23.4. The molecule has 3 unspecified atom stereocenters. The van der Waals surface area contributed by atoms with Gasteiger partial charge in [-0.2, -0.15) is 0 Å². The van der Waals surface area contributed by atoms with E-state index in [9.17, 15) is 19.4 Å². The number of quaternary nitrogens is 1. The van der Waals surface area contributed by atoms with Gasteiger partial charge in [0.1, 0.15) is 13.2 Å². The van der Waals surface area contributed by atoms with Crippen molar-refractivity contribution >= 4 is 13.7 Å². The molecule has 73 heavy (non-hydrogen) atoms. The van der Waals surface area contributed by atoms with Crippen LogP contribution in [0.3, 0.4) is 0 Å². The fourth-order valence-electron chi connectivity index (χ4n) is 8.78. The van der Waals surface area contributed by atoms with Gasteiger partial charge in [-0.3, -0.25) is 9.36 Å². The second kappa shape index (κ2) is 54.7. The van der Waals surface area contributed by atoms with Crippen molar-refractivity contribution in [2.24, 2.45) is 0 Å². The van der Waals surface area contributed by atoms with Gasteiger partial charge in [0.15, 0.2) is 0 Å². The van der Waals surface area contributed by atoms with E-state index in [0.29, 0.717) is 17.4 Å². The molecule has 8 nitrogen and oxygen atoms in total. The maximum absolute atomic E-state index is 13.0. The van der Waals surface area contributed by atoms with Crippen molar-refractivity contribution in [3.8, 4) is 0 Å². The van der Waals surface area contributed by atoms with Crippen LogP contribution in [0.5, 0.6) is 0 Å². The molecule has 9 heteroatoms. The zero-order valence-electron chi connectivity index (χ0n) is 48.6. The monoisotopic (exact) mass is 1040 g/mol. The van der Waals surface area contributed by atoms with Gasteiger partial charge in [0.05, 0.1) is 39.9 Å². The fourth-order valence-corrected chi connectivity index (χ4v) is 9.50. The fraction of sp³-hybridized carbons (Fsp3) is 0.797. The Morgan fingerprint density at radius 3 is 1.21 bits per heavy atom. The molecule has 0 aromatic rings. The normalized spacial score (nSPS) is 14.3. The number of amides is 1. The lowest BCUT2D eigenvalue weighted by atomic mass is 10.0. The van der Waals surface area contributed by atoms with E-state index in [2.05, 4.69) is 79.9 Å². The summed E-state index contributed by atoms with van der Waals surface area (Å²) in [4.78, 5) is 25.5. The number of nitrogens with zero attached hydrogens (tertiary/aromatic N) is 1. The standard InChI is InChI=1S/C64H119N2O6P/c1-6-8-10-12-14-16-18-20-22-24-25-26-27-28-29-30-31-32-33-34-35-36-37-38-39-40-41-42-44-46-48-50-52-54-56-58-64(68)65-62(61-72-73(69,70)71-60-59-66(3,4)5)63(67)57-55-53-51-49-47-45-43-23-21-19-17-15-13-11-9-7-2/h18,20-21,23-25,27-28,47,49,55,57,62-63,67H,6-17,19,22,26,29-46,48,50-54,56,58-61H2,1-5H3,(H-,65,68,69,70)/b20-18-,23-21+,25-24-,28-27-,49-47+,57-55+. The molecule has 1 amide bonds. The maximum atomic E-state index is 13.0. The zero-order chi connectivity index (χ0) is 53.5. The minimum absolute atomic E-state index is 0.00999. The summed E-state index contributed by atoms with van der Waals surface area (Å²) in [6.07, 6.45) is 75.8. The Morgan fingerprint density at radius 2 is 0.808 bits per heavy atom. The van der Waals surface area contributed by atoms with Gasteiger partial charge in [-0.05, 0) is 83.5 Å². The number of rotatable bonds is 56. The summed E-state index contributed by atoms with van der Waals surface area (Å²) >= 11 is 0. The number of phosphoric acid groups is 1. The van der Waals surface area contributed by atoms with Gasteiger partial charge in [0, 0.05) is 6.42 Å². The molecular formula is C64H119N2O6P. The Balaban J connectivity index is 4.05. The van der Waals surface area contributed by atoms with E-state index < -0.39 is 26.6 Å². The van der Waals surface area contributed by atoms with E-state index >= 15 is 0 Å². The minimum Gasteiger partial charge on any atom is -0.756 e. The molecule has 0 saturated heterocycles. The summed E-state index contributed by atoms with van der Waals surface area (Å²) < 4.78 is 23.3. The highest BCUT2D eigenvalue weighted by Crippen LogP contribution is 2.38. The molecule has 0 rings (SSSR count). The predicted octanol–water partition coefficient (Wildman–Crippen LogP) is 18.4. The number of carbonyl (C=O) groups excluding carboxylic acids is 1. The van der Waals surface area contributed by atoms with Crippen LogP contribution in [0, 0.1) is 0 Å². The van der Waals surface area contributed by atoms with Gasteiger partial charge in [0.25, 0.3) is 7.82 Å². The lowest BCUT2D eigenvalue weighted by Gasteiger charge is -2.29. The van der Waals surface area contributed by atoms with Crippen molar-refractivity contribution in [3.05, 3.63) is 72.9 Å². The number of hydrogen-bond acceptors (Lipinski definition) is 6. The molecule has 2 N–H and O–H groups in total. The maximum Gasteiger partial charge on any atom is 0.268 e. The third-order valence-electron chi connectivity index (χ3n) is 13.6. The largest absolute Gasteiger partial charge is 0.756 e. The number of nitrogens with one attached hydrogen (secondary N) is 1. The van der Waals surface area contributed by atoms with Crippen LogP contribution in [0.1, 0.15) is 277 Å². The molecule has 0 saturated carbocycles. The van der Waals surface area contributed by atoms with Crippen LogP contribution in [0.25, 0.3) is 0 Å². The average molecular weight is 1040 g/mol. The molecule has 0 heterocycles. The number of aliphatic hydroxyl groups is 1. The molecular weight excluding hydrogens is 924 g/mol. The quantitative estimate of drug-likeness (QED) is 0.0272. The molecule has 0 fully saturated rings. The molecule has 0 aromatic carbocycles. The van der Waals surface area contributed by atoms with Crippen molar-refractivity contribution in [1.29, 1.82) is 0 Å². The number of allylic oxidation sites excluding steroid dienone is 11. The van der Waals surface area contributed by atoms with Gasteiger partial charge in [-0.1, -0.05) is 260 Å². The van der Waals surface area contributed by atoms with E-state index in [1.54, 1.807) is 6.08 Å². The summed E-state index contributed by atoms with van der Waals surface area (Å²) in [5, 5.41) is 13.8. The molecule has 3 atom stereocenters. The molecule has 0 aliphatic rings. The van der Waals surface area contributed by atoms with E-state index in [0.717, 1.165) is 57.8 Å². The minimum atomic E-state index is -4.61. The lowest BCUT2D eigenvalue weighted by Crippen LogP contribution is -2.45. The summed E-state index contributed by atoms with van der Waals surface area (Å²) in [6, 6.07) is -0.911. The average Bonchev–Trinajstić information content (AvgIpc) is 3.35. The number of unbranched alkanes of at least 4 members (excludes halogenated alkanes) is 33. The summed E-state index contributed by atoms with van der Waals surface area (Å²) in [7, 11) is 1.24. The number of phosphoric ester groups is 1. The Morgan fingerprint density at radius 1 is 0.479 bits per heavy atom. The first-order valence-electron chi connectivity index (χ1n) is 30.8. The first-order valence-corrected chi connectivity index (χ1v) is 32.3. The molecule has 0 spiro atoms. The van der Waals surface area contributed by atoms with Crippen LogP contribution >= 0.6 is 7.82 Å². The number of carbonyl (C=O) groups is 1. The van der Waals surface area contributed by atoms with Crippen molar-refractivity contribution in [3.63, 3.8) is 0 Å². The number of hydrogen-bond donors (Lipinski definition) is 2. The van der Waals surface area contributed by atoms with Gasteiger partial charge in [-0.25, -0.2) is 0 Å². The summed E-state index contributed by atoms with van der Waals surface area (Å²) in [5.74, 6) is -0.210. The van der Waals surface area contributed by atoms with Gasteiger partial charge >= 0.3 is 0 Å². The Kier molecular flexibility index (Phi) is 53.2. The highest BCUT2D eigenvalue weighted by atomic mass is 31.2. The Bertz CT molecular complexity index is 1420. The van der Waals surface area contributed by atoms with Gasteiger partial charge in [0.2, 0.25) is 5.91 Å². The van der Waals surface area contributed by atoms with Gasteiger partial charge < -0.3 is 28.8 Å². The van der Waals surface area contributed by atoms with Crippen molar-refractivity contribution < 1.29 is 32.9 Å². The molecule has 0 radical (unpaired) electrons. The van der Waals surface area contributed by atoms with E-state index in [-0.39, 0.29) is 12.5 Å². The van der Waals surface area contributed by atoms with E-state index in [1.807, 2.05) is 27.2 Å². The first-order chi connectivity index (χ1) is 35.5. The molecule has 426 valence electrons. The van der Waals surface area contributed by atoms with Crippen molar-refractivity contribution in [1.82, 2.24) is 5.32 Å². The van der Waals surface area contributed by atoms with E-state index in [1.165, 1.54) is 199 Å². The Hall–Kier alpha value is -2.06. The van der Waals surface area contributed by atoms with Crippen molar-refractivity contribution in [2.45, 2.75) is 289 Å². The summed E-state index contributed by atoms with van der Waals surface area (Å²) in [5.41, 5.74) is 0. The van der Waals surface area contributed by atoms with Crippen LogP contribution in [0.4, 0.5) is 0 Å².